The first-order valence-electron chi connectivity index (χ1n) is 9.77. The van der Waals surface area contributed by atoms with Crippen molar-refractivity contribution in [3.63, 3.8) is 0 Å². The van der Waals surface area contributed by atoms with Crippen molar-refractivity contribution in [2.45, 2.75) is 51.0 Å². The van der Waals surface area contributed by atoms with Crippen molar-refractivity contribution in [3.8, 4) is 0 Å². The van der Waals surface area contributed by atoms with E-state index < -0.39 is 0 Å². The molecule has 25 heavy (non-hydrogen) atoms. The maximum absolute atomic E-state index is 12.9. The zero-order valence-electron chi connectivity index (χ0n) is 15.5. The van der Waals surface area contributed by atoms with E-state index in [9.17, 15) is 9.90 Å². The van der Waals surface area contributed by atoms with E-state index in [2.05, 4.69) is 36.2 Å². The predicted octanol–water partition coefficient (Wildman–Crippen LogP) is 2.70. The second-order valence-electron chi connectivity index (χ2n) is 7.96. The SMILES string of the molecule is CN1CCCC[C@H]1C(=O)N1CCC(CO)(CCc2ccccc2)CC1. The summed E-state index contributed by atoms with van der Waals surface area (Å²) in [6, 6.07) is 10.6. The number of likely N-dealkylation sites (N-methyl/N-ethyl adjacent to an activating group) is 1. The van der Waals surface area contributed by atoms with Crippen molar-refractivity contribution < 1.29 is 9.90 Å². The molecule has 3 rings (SSSR count). The van der Waals surface area contributed by atoms with Gasteiger partial charge in [0.1, 0.15) is 0 Å². The van der Waals surface area contributed by atoms with Gasteiger partial charge in [0.2, 0.25) is 5.91 Å². The molecule has 2 aliphatic rings. The second kappa shape index (κ2) is 8.33. The number of amides is 1. The van der Waals surface area contributed by atoms with Crippen LogP contribution >= 0.6 is 0 Å². The van der Waals surface area contributed by atoms with E-state index in [1.165, 1.54) is 12.0 Å². The van der Waals surface area contributed by atoms with Crippen LogP contribution in [-0.4, -0.2) is 60.1 Å². The topological polar surface area (TPSA) is 43.8 Å². The number of hydrogen-bond donors (Lipinski definition) is 1. The average molecular weight is 344 g/mol. The van der Waals surface area contributed by atoms with Crippen molar-refractivity contribution in [1.82, 2.24) is 9.80 Å². The van der Waals surface area contributed by atoms with E-state index >= 15 is 0 Å². The maximum Gasteiger partial charge on any atom is 0.239 e. The fourth-order valence-corrected chi connectivity index (χ4v) is 4.34. The molecular formula is C21H32N2O2. The minimum absolute atomic E-state index is 0.0227. The van der Waals surface area contributed by atoms with Gasteiger partial charge in [-0.05, 0) is 63.1 Å². The summed E-state index contributed by atoms with van der Waals surface area (Å²) >= 11 is 0. The Labute approximate surface area is 151 Å². The number of nitrogens with zero attached hydrogens (tertiary/aromatic N) is 2. The molecule has 0 aromatic heterocycles. The second-order valence-corrected chi connectivity index (χ2v) is 7.96. The predicted molar refractivity (Wildman–Crippen MR) is 100 cm³/mol. The maximum atomic E-state index is 12.9. The lowest BCUT2D eigenvalue weighted by Gasteiger charge is -2.43. The first kappa shape index (κ1) is 18.4. The number of carbonyl (C=O) groups is 1. The van der Waals surface area contributed by atoms with Crippen LogP contribution in [0.2, 0.25) is 0 Å². The summed E-state index contributed by atoms with van der Waals surface area (Å²) in [4.78, 5) is 17.1. The molecule has 0 unspecified atom stereocenters. The van der Waals surface area contributed by atoms with E-state index in [0.29, 0.717) is 5.91 Å². The number of rotatable bonds is 5. The summed E-state index contributed by atoms with van der Waals surface area (Å²) in [6.45, 7) is 2.84. The lowest BCUT2D eigenvalue weighted by atomic mass is 9.74. The lowest BCUT2D eigenvalue weighted by molar-refractivity contribution is -0.140. The van der Waals surface area contributed by atoms with Gasteiger partial charge in [-0.3, -0.25) is 9.69 Å². The first-order chi connectivity index (χ1) is 12.1. The Morgan fingerprint density at radius 1 is 1.16 bits per heavy atom. The Hall–Kier alpha value is -1.39. The monoisotopic (exact) mass is 344 g/mol. The quantitative estimate of drug-likeness (QED) is 0.893. The molecule has 1 aromatic rings. The van der Waals surface area contributed by atoms with Crippen LogP contribution in [0, 0.1) is 5.41 Å². The van der Waals surface area contributed by atoms with Crippen LogP contribution in [0.5, 0.6) is 0 Å². The van der Waals surface area contributed by atoms with Crippen molar-refractivity contribution in [3.05, 3.63) is 35.9 Å². The zero-order valence-corrected chi connectivity index (χ0v) is 15.5. The number of piperidine rings is 2. The number of likely N-dealkylation sites (tertiary alicyclic amines) is 2. The highest BCUT2D eigenvalue weighted by Gasteiger charge is 2.37. The van der Waals surface area contributed by atoms with Crippen molar-refractivity contribution in [2.75, 3.05) is 33.3 Å². The third-order valence-corrected chi connectivity index (χ3v) is 6.31. The Morgan fingerprint density at radius 2 is 1.88 bits per heavy atom. The molecule has 0 aliphatic carbocycles. The Kier molecular flexibility index (Phi) is 6.13. The molecule has 0 spiro atoms. The molecule has 2 aliphatic heterocycles. The molecule has 0 saturated carbocycles. The summed E-state index contributed by atoms with van der Waals surface area (Å²) in [6.07, 6.45) is 7.18. The third-order valence-electron chi connectivity index (χ3n) is 6.31. The summed E-state index contributed by atoms with van der Waals surface area (Å²) in [5, 5.41) is 10.0. The van der Waals surface area contributed by atoms with Crippen LogP contribution in [0.25, 0.3) is 0 Å². The minimum atomic E-state index is -0.0227. The molecule has 1 atom stereocenters. The van der Waals surface area contributed by atoms with Gasteiger partial charge in [0.25, 0.3) is 0 Å². The summed E-state index contributed by atoms with van der Waals surface area (Å²) < 4.78 is 0. The smallest absolute Gasteiger partial charge is 0.239 e. The van der Waals surface area contributed by atoms with Gasteiger partial charge in [-0.2, -0.15) is 0 Å². The van der Waals surface area contributed by atoms with Gasteiger partial charge < -0.3 is 10.0 Å². The van der Waals surface area contributed by atoms with Crippen LogP contribution in [0.15, 0.2) is 30.3 Å². The average Bonchev–Trinajstić information content (AvgIpc) is 2.67. The summed E-state index contributed by atoms with van der Waals surface area (Å²) in [5.74, 6) is 0.303. The van der Waals surface area contributed by atoms with E-state index in [0.717, 1.165) is 58.2 Å². The minimum Gasteiger partial charge on any atom is -0.396 e. The van der Waals surface area contributed by atoms with Crippen LogP contribution in [0.4, 0.5) is 0 Å². The van der Waals surface area contributed by atoms with E-state index in [1.807, 2.05) is 11.0 Å². The normalized spacial score (nSPS) is 24.2. The zero-order chi connectivity index (χ0) is 17.7. The molecule has 4 heteroatoms. The van der Waals surface area contributed by atoms with Crippen molar-refractivity contribution in [1.29, 1.82) is 0 Å². The molecule has 2 saturated heterocycles. The van der Waals surface area contributed by atoms with E-state index in [-0.39, 0.29) is 18.1 Å². The number of benzene rings is 1. The molecule has 1 N–H and O–H groups in total. The largest absolute Gasteiger partial charge is 0.396 e. The standard InChI is InChI=1S/C21H32N2O2/c1-22-14-6-5-9-19(22)20(25)23-15-12-21(17-24,13-16-23)11-10-18-7-3-2-4-8-18/h2-4,7-8,19,24H,5-6,9-17H2,1H3/t19-/m0/s1. The van der Waals surface area contributed by atoms with Crippen molar-refractivity contribution >= 4 is 5.91 Å². The molecule has 4 nitrogen and oxygen atoms in total. The summed E-state index contributed by atoms with van der Waals surface area (Å²) in [5.41, 5.74) is 1.31. The van der Waals surface area contributed by atoms with Crippen LogP contribution in [0.1, 0.15) is 44.1 Å². The van der Waals surface area contributed by atoms with Gasteiger partial charge >= 0.3 is 0 Å². The fourth-order valence-electron chi connectivity index (χ4n) is 4.34. The van der Waals surface area contributed by atoms with Gasteiger partial charge in [0.05, 0.1) is 6.04 Å². The highest BCUT2D eigenvalue weighted by Crippen LogP contribution is 2.36. The third kappa shape index (κ3) is 4.42. The van der Waals surface area contributed by atoms with E-state index in [1.54, 1.807) is 0 Å². The first-order valence-corrected chi connectivity index (χ1v) is 9.77. The molecule has 138 valence electrons. The van der Waals surface area contributed by atoms with Gasteiger partial charge in [0, 0.05) is 19.7 Å². The molecule has 2 heterocycles. The van der Waals surface area contributed by atoms with Gasteiger partial charge in [-0.25, -0.2) is 0 Å². The highest BCUT2D eigenvalue weighted by molar-refractivity contribution is 5.82. The highest BCUT2D eigenvalue weighted by atomic mass is 16.3. The molecule has 0 bridgehead atoms. The number of aliphatic hydroxyl groups excluding tert-OH is 1. The molecule has 1 amide bonds. The fraction of sp³-hybridized carbons (Fsp3) is 0.667. The van der Waals surface area contributed by atoms with Crippen LogP contribution < -0.4 is 0 Å². The number of hydrogen-bond acceptors (Lipinski definition) is 3. The van der Waals surface area contributed by atoms with Gasteiger partial charge in [-0.1, -0.05) is 36.8 Å². The Balaban J connectivity index is 1.54. The van der Waals surface area contributed by atoms with Crippen LogP contribution in [-0.2, 0) is 11.2 Å². The molecule has 2 fully saturated rings. The van der Waals surface area contributed by atoms with Crippen molar-refractivity contribution in [2.24, 2.45) is 5.41 Å². The van der Waals surface area contributed by atoms with E-state index in [4.69, 9.17) is 0 Å². The lowest BCUT2D eigenvalue weighted by Crippen LogP contribution is -2.53. The van der Waals surface area contributed by atoms with Gasteiger partial charge in [-0.15, -0.1) is 0 Å². The van der Waals surface area contributed by atoms with Gasteiger partial charge in [0.15, 0.2) is 0 Å². The van der Waals surface area contributed by atoms with Crippen LogP contribution in [0.3, 0.4) is 0 Å². The summed E-state index contributed by atoms with van der Waals surface area (Å²) in [7, 11) is 2.07. The molecule has 1 aromatic carbocycles. The number of aryl methyl sites for hydroxylation is 1. The number of aliphatic hydroxyl groups is 1. The number of carbonyl (C=O) groups excluding carboxylic acids is 1. The molecule has 0 radical (unpaired) electrons. The Bertz CT molecular complexity index is 552. The Morgan fingerprint density at radius 3 is 2.52 bits per heavy atom. The molecular weight excluding hydrogens is 312 g/mol.